The molecule has 0 atom stereocenters. The van der Waals surface area contributed by atoms with E-state index >= 15 is 0 Å². The number of hydrogen-bond acceptors (Lipinski definition) is 2. The number of hydrogen-bond donors (Lipinski definition) is 1. The van der Waals surface area contributed by atoms with Gasteiger partial charge in [0.05, 0.1) is 11.2 Å². The molecule has 2 aromatic rings. The molecule has 0 saturated carbocycles. The third-order valence-corrected chi connectivity index (χ3v) is 2.79. The summed E-state index contributed by atoms with van der Waals surface area (Å²) in [5.41, 5.74) is 5.08. The number of fused-ring (bicyclic) bond motifs is 1. The van der Waals surface area contributed by atoms with Gasteiger partial charge < -0.3 is 5.11 Å². The zero-order valence-electron chi connectivity index (χ0n) is 10.7. The average molecular weight is 227 g/mol. The summed E-state index contributed by atoms with van der Waals surface area (Å²) in [6.45, 7) is 8.07. The number of aromatic hydroxyl groups is 1. The van der Waals surface area contributed by atoms with E-state index in [2.05, 4.69) is 18.0 Å². The highest BCUT2D eigenvalue weighted by molar-refractivity contribution is 5.85. The highest BCUT2D eigenvalue weighted by atomic mass is 16.3. The number of phenolic OH excluding ortho intramolecular Hbond substituents is 1. The number of aryl methyl sites for hydroxylation is 2. The lowest BCUT2D eigenvalue weighted by Crippen LogP contribution is -1.89. The largest absolute Gasteiger partial charge is 0.508 e. The maximum atomic E-state index is 9.73. The molecule has 1 heterocycles. The number of aromatic nitrogens is 1. The van der Waals surface area contributed by atoms with Gasteiger partial charge >= 0.3 is 0 Å². The van der Waals surface area contributed by atoms with Gasteiger partial charge in [0.1, 0.15) is 5.75 Å². The monoisotopic (exact) mass is 227 g/mol. The summed E-state index contributed by atoms with van der Waals surface area (Å²) in [5, 5.41) is 10.8. The third kappa shape index (κ3) is 2.31. The Kier molecular flexibility index (Phi) is 2.88. The van der Waals surface area contributed by atoms with Gasteiger partial charge in [0.2, 0.25) is 0 Å². The number of rotatable bonds is 1. The zero-order valence-corrected chi connectivity index (χ0v) is 10.7. The van der Waals surface area contributed by atoms with Crippen molar-refractivity contribution in [1.29, 1.82) is 0 Å². The smallest absolute Gasteiger partial charge is 0.120 e. The first-order valence-electron chi connectivity index (χ1n) is 5.73. The van der Waals surface area contributed by atoms with Gasteiger partial charge in [0.15, 0.2) is 0 Å². The molecule has 0 aliphatic heterocycles. The third-order valence-electron chi connectivity index (χ3n) is 2.79. The molecule has 0 amide bonds. The SMILES string of the molecule is CC(C)=Cc1cc(C)c2cc(C)c(O)cc2n1. The molecule has 1 N–H and O–H groups in total. The molecule has 1 aromatic carbocycles. The highest BCUT2D eigenvalue weighted by Gasteiger charge is 2.05. The van der Waals surface area contributed by atoms with Crippen LogP contribution in [0.5, 0.6) is 5.75 Å². The van der Waals surface area contributed by atoms with Crippen molar-refractivity contribution in [3.8, 4) is 5.75 Å². The van der Waals surface area contributed by atoms with Crippen molar-refractivity contribution in [2.75, 3.05) is 0 Å². The topological polar surface area (TPSA) is 33.1 Å². The van der Waals surface area contributed by atoms with Crippen molar-refractivity contribution < 1.29 is 5.11 Å². The van der Waals surface area contributed by atoms with Crippen LogP contribution in [0.1, 0.15) is 30.7 Å². The van der Waals surface area contributed by atoms with Crippen molar-refractivity contribution in [3.63, 3.8) is 0 Å². The molecule has 0 spiro atoms. The molecule has 2 rings (SSSR count). The van der Waals surface area contributed by atoms with Gasteiger partial charge in [-0.15, -0.1) is 0 Å². The maximum Gasteiger partial charge on any atom is 0.120 e. The number of pyridine rings is 1. The van der Waals surface area contributed by atoms with E-state index in [4.69, 9.17) is 0 Å². The van der Waals surface area contributed by atoms with E-state index in [1.54, 1.807) is 6.07 Å². The highest BCUT2D eigenvalue weighted by Crippen LogP contribution is 2.26. The van der Waals surface area contributed by atoms with Crippen molar-refractivity contribution in [1.82, 2.24) is 4.98 Å². The van der Waals surface area contributed by atoms with E-state index in [1.165, 1.54) is 11.1 Å². The molecule has 0 bridgehead atoms. The first-order chi connectivity index (χ1) is 7.97. The van der Waals surface area contributed by atoms with Gasteiger partial charge in [-0.25, -0.2) is 4.98 Å². The standard InChI is InChI=1S/C15H17NO/c1-9(2)5-12-6-10(3)13-7-11(4)15(17)8-14(13)16-12/h5-8,17H,1-4H3. The second-order valence-corrected chi connectivity index (χ2v) is 4.74. The summed E-state index contributed by atoms with van der Waals surface area (Å²) < 4.78 is 0. The van der Waals surface area contributed by atoms with E-state index in [0.717, 1.165) is 22.2 Å². The van der Waals surface area contributed by atoms with Gasteiger partial charge in [-0.3, -0.25) is 0 Å². The molecule has 0 fully saturated rings. The van der Waals surface area contributed by atoms with E-state index in [9.17, 15) is 5.11 Å². The summed E-state index contributed by atoms with van der Waals surface area (Å²) in [4.78, 5) is 4.54. The zero-order chi connectivity index (χ0) is 12.6. The van der Waals surface area contributed by atoms with Gasteiger partial charge in [0, 0.05) is 11.5 Å². The molecule has 0 aliphatic carbocycles. The van der Waals surface area contributed by atoms with E-state index in [0.29, 0.717) is 5.75 Å². The molecule has 0 unspecified atom stereocenters. The predicted octanol–water partition coefficient (Wildman–Crippen LogP) is 3.98. The van der Waals surface area contributed by atoms with Crippen molar-refractivity contribution in [2.45, 2.75) is 27.7 Å². The summed E-state index contributed by atoms with van der Waals surface area (Å²) in [6.07, 6.45) is 2.04. The molecule has 0 saturated heterocycles. The molecular weight excluding hydrogens is 210 g/mol. The van der Waals surface area contributed by atoms with E-state index in [-0.39, 0.29) is 0 Å². The second kappa shape index (κ2) is 4.21. The Morgan fingerprint density at radius 3 is 2.47 bits per heavy atom. The average Bonchev–Trinajstić information content (AvgIpc) is 2.20. The van der Waals surface area contributed by atoms with Crippen LogP contribution in [0.15, 0.2) is 23.8 Å². The lowest BCUT2D eigenvalue weighted by Gasteiger charge is -2.07. The van der Waals surface area contributed by atoms with Crippen LogP contribution >= 0.6 is 0 Å². The first-order valence-corrected chi connectivity index (χ1v) is 5.73. The molecule has 0 aliphatic rings. The Morgan fingerprint density at radius 1 is 1.12 bits per heavy atom. The summed E-state index contributed by atoms with van der Waals surface area (Å²) in [7, 11) is 0. The number of benzene rings is 1. The van der Waals surface area contributed by atoms with Crippen LogP contribution in [0.4, 0.5) is 0 Å². The molecule has 88 valence electrons. The minimum Gasteiger partial charge on any atom is -0.508 e. The fourth-order valence-electron chi connectivity index (χ4n) is 1.93. The van der Waals surface area contributed by atoms with Crippen LogP contribution in [0.3, 0.4) is 0 Å². The van der Waals surface area contributed by atoms with E-state index < -0.39 is 0 Å². The van der Waals surface area contributed by atoms with Gasteiger partial charge in [0.25, 0.3) is 0 Å². The lowest BCUT2D eigenvalue weighted by molar-refractivity contribution is 0.472. The quantitative estimate of drug-likeness (QED) is 0.799. The van der Waals surface area contributed by atoms with Crippen LogP contribution in [0.25, 0.3) is 17.0 Å². The fraction of sp³-hybridized carbons (Fsp3) is 0.267. The van der Waals surface area contributed by atoms with E-state index in [1.807, 2.05) is 32.9 Å². The van der Waals surface area contributed by atoms with Crippen LogP contribution in [0.2, 0.25) is 0 Å². The lowest BCUT2D eigenvalue weighted by atomic mass is 10.0. The van der Waals surface area contributed by atoms with Crippen molar-refractivity contribution >= 4 is 17.0 Å². The summed E-state index contributed by atoms with van der Waals surface area (Å²) in [5.74, 6) is 0.304. The van der Waals surface area contributed by atoms with Crippen molar-refractivity contribution in [3.05, 3.63) is 40.6 Å². The maximum absolute atomic E-state index is 9.73. The minimum atomic E-state index is 0.304. The molecule has 0 radical (unpaired) electrons. The Balaban J connectivity index is 2.73. The summed E-state index contributed by atoms with van der Waals surface area (Å²) >= 11 is 0. The Labute approximate surface area is 102 Å². The molecule has 2 heteroatoms. The van der Waals surface area contributed by atoms with Crippen LogP contribution in [-0.4, -0.2) is 10.1 Å². The molecule has 17 heavy (non-hydrogen) atoms. The molecule has 1 aromatic heterocycles. The fourth-order valence-corrected chi connectivity index (χ4v) is 1.93. The normalized spacial score (nSPS) is 10.6. The van der Waals surface area contributed by atoms with Gasteiger partial charge in [-0.2, -0.15) is 0 Å². The first kappa shape index (κ1) is 11.6. The van der Waals surface area contributed by atoms with Gasteiger partial charge in [-0.1, -0.05) is 5.57 Å². The number of allylic oxidation sites excluding steroid dienone is 1. The number of phenols is 1. The number of nitrogens with zero attached hydrogens (tertiary/aromatic N) is 1. The Morgan fingerprint density at radius 2 is 1.82 bits per heavy atom. The molecule has 2 nitrogen and oxygen atoms in total. The van der Waals surface area contributed by atoms with Crippen LogP contribution < -0.4 is 0 Å². The Bertz CT molecular complexity index is 608. The predicted molar refractivity (Wildman–Crippen MR) is 72.2 cm³/mol. The molecular formula is C15H17NO. The van der Waals surface area contributed by atoms with Crippen LogP contribution in [0, 0.1) is 13.8 Å². The minimum absolute atomic E-state index is 0.304. The summed E-state index contributed by atoms with van der Waals surface area (Å²) in [6, 6.07) is 5.80. The Hall–Kier alpha value is -1.83. The van der Waals surface area contributed by atoms with Crippen LogP contribution in [-0.2, 0) is 0 Å². The van der Waals surface area contributed by atoms with Crippen molar-refractivity contribution in [2.24, 2.45) is 0 Å². The second-order valence-electron chi connectivity index (χ2n) is 4.74. The van der Waals surface area contributed by atoms with Gasteiger partial charge in [-0.05, 0) is 57.0 Å².